The second-order valence-electron chi connectivity index (χ2n) is 4.82. The molecule has 0 aromatic heterocycles. The summed E-state index contributed by atoms with van der Waals surface area (Å²) in [5.74, 6) is 0.452. The predicted octanol–water partition coefficient (Wildman–Crippen LogP) is 2.49. The summed E-state index contributed by atoms with van der Waals surface area (Å²) in [5.41, 5.74) is 6.37. The SMILES string of the molecule is CC(C)CCOc1ccc(CC(N)C(=O)O)cc1.Cl. The minimum atomic E-state index is -0.979. The van der Waals surface area contributed by atoms with Crippen molar-refractivity contribution >= 4 is 18.4 Å². The highest BCUT2D eigenvalue weighted by molar-refractivity contribution is 5.85. The highest BCUT2D eigenvalue weighted by Gasteiger charge is 2.11. The lowest BCUT2D eigenvalue weighted by atomic mass is 10.1. The minimum Gasteiger partial charge on any atom is -0.494 e. The van der Waals surface area contributed by atoms with Crippen LogP contribution in [0.15, 0.2) is 24.3 Å². The molecule has 0 aliphatic rings. The van der Waals surface area contributed by atoms with Crippen LogP contribution in [0.2, 0.25) is 0 Å². The van der Waals surface area contributed by atoms with Crippen LogP contribution < -0.4 is 10.5 Å². The Morgan fingerprint density at radius 2 is 1.89 bits per heavy atom. The lowest BCUT2D eigenvalue weighted by molar-refractivity contribution is -0.138. The van der Waals surface area contributed by atoms with Crippen molar-refractivity contribution in [2.24, 2.45) is 11.7 Å². The lowest BCUT2D eigenvalue weighted by Gasteiger charge is -2.10. The van der Waals surface area contributed by atoms with Gasteiger partial charge in [-0.1, -0.05) is 26.0 Å². The number of benzene rings is 1. The molecule has 3 N–H and O–H groups in total. The maximum Gasteiger partial charge on any atom is 0.320 e. The normalized spacial score (nSPS) is 11.8. The van der Waals surface area contributed by atoms with Gasteiger partial charge in [-0.25, -0.2) is 0 Å². The van der Waals surface area contributed by atoms with E-state index in [4.69, 9.17) is 15.6 Å². The molecule has 19 heavy (non-hydrogen) atoms. The van der Waals surface area contributed by atoms with Gasteiger partial charge in [-0.3, -0.25) is 4.79 Å². The number of hydrogen-bond donors (Lipinski definition) is 2. The molecule has 0 saturated carbocycles. The smallest absolute Gasteiger partial charge is 0.320 e. The third-order valence-corrected chi connectivity index (χ3v) is 2.66. The number of nitrogens with two attached hydrogens (primary N) is 1. The van der Waals surface area contributed by atoms with Crippen molar-refractivity contribution in [1.82, 2.24) is 0 Å². The average Bonchev–Trinajstić information content (AvgIpc) is 2.30. The molecule has 1 rings (SSSR count). The molecule has 0 fully saturated rings. The molecule has 0 heterocycles. The standard InChI is InChI=1S/C14H21NO3.ClH/c1-10(2)7-8-18-12-5-3-11(4-6-12)9-13(15)14(16)17;/h3-6,10,13H,7-9,15H2,1-2H3,(H,16,17);1H. The van der Waals surface area contributed by atoms with E-state index in [2.05, 4.69) is 13.8 Å². The number of halogens is 1. The summed E-state index contributed by atoms with van der Waals surface area (Å²) in [5, 5.41) is 8.72. The van der Waals surface area contributed by atoms with E-state index in [1.165, 1.54) is 0 Å². The fourth-order valence-corrected chi connectivity index (χ4v) is 1.48. The molecule has 1 unspecified atom stereocenters. The third-order valence-electron chi connectivity index (χ3n) is 2.66. The fraction of sp³-hybridized carbons (Fsp3) is 0.500. The van der Waals surface area contributed by atoms with Crippen molar-refractivity contribution in [2.45, 2.75) is 32.7 Å². The molecule has 0 bridgehead atoms. The zero-order valence-electron chi connectivity index (χ0n) is 11.3. The van der Waals surface area contributed by atoms with Gasteiger partial charge in [-0.2, -0.15) is 0 Å². The van der Waals surface area contributed by atoms with Crippen molar-refractivity contribution in [3.8, 4) is 5.75 Å². The van der Waals surface area contributed by atoms with Gasteiger partial charge in [0, 0.05) is 0 Å². The van der Waals surface area contributed by atoms with Gasteiger partial charge in [0.15, 0.2) is 0 Å². The molecule has 4 nitrogen and oxygen atoms in total. The van der Waals surface area contributed by atoms with E-state index in [1.54, 1.807) is 0 Å². The number of carbonyl (C=O) groups is 1. The topological polar surface area (TPSA) is 72.5 Å². The zero-order valence-corrected chi connectivity index (χ0v) is 12.2. The Kier molecular flexibility index (Phi) is 8.19. The molecule has 0 saturated heterocycles. The molecule has 0 spiro atoms. The summed E-state index contributed by atoms with van der Waals surface area (Å²) in [4.78, 5) is 10.6. The second-order valence-corrected chi connectivity index (χ2v) is 4.82. The van der Waals surface area contributed by atoms with E-state index in [0.717, 1.165) is 17.7 Å². The quantitative estimate of drug-likeness (QED) is 0.808. The highest BCUT2D eigenvalue weighted by Crippen LogP contribution is 2.14. The first-order chi connectivity index (χ1) is 8.49. The molecule has 1 aromatic rings. The van der Waals surface area contributed by atoms with Crippen molar-refractivity contribution in [3.05, 3.63) is 29.8 Å². The van der Waals surface area contributed by atoms with Crippen molar-refractivity contribution in [2.75, 3.05) is 6.61 Å². The van der Waals surface area contributed by atoms with Gasteiger partial charge in [0.1, 0.15) is 11.8 Å². The molecule has 5 heteroatoms. The van der Waals surface area contributed by atoms with Crippen LogP contribution in [0, 0.1) is 5.92 Å². The number of carboxylic acid groups (broad SMARTS) is 1. The molecule has 1 atom stereocenters. The van der Waals surface area contributed by atoms with Gasteiger partial charge >= 0.3 is 5.97 Å². The lowest BCUT2D eigenvalue weighted by Crippen LogP contribution is -2.32. The summed E-state index contributed by atoms with van der Waals surface area (Å²) < 4.78 is 5.58. The van der Waals surface area contributed by atoms with Gasteiger partial charge in [-0.05, 0) is 36.5 Å². The molecule has 0 radical (unpaired) electrons. The van der Waals surface area contributed by atoms with Gasteiger partial charge in [-0.15, -0.1) is 12.4 Å². The Labute approximate surface area is 120 Å². The number of hydrogen-bond acceptors (Lipinski definition) is 3. The van der Waals surface area contributed by atoms with E-state index in [-0.39, 0.29) is 12.4 Å². The van der Waals surface area contributed by atoms with Gasteiger partial charge in [0.05, 0.1) is 6.61 Å². The monoisotopic (exact) mass is 287 g/mol. The number of ether oxygens (including phenoxy) is 1. The van der Waals surface area contributed by atoms with Crippen LogP contribution in [0.1, 0.15) is 25.8 Å². The molecule has 0 amide bonds. The van der Waals surface area contributed by atoms with Crippen molar-refractivity contribution in [1.29, 1.82) is 0 Å². The van der Waals surface area contributed by atoms with Gasteiger partial charge in [0.2, 0.25) is 0 Å². The summed E-state index contributed by atoms with van der Waals surface area (Å²) in [6.07, 6.45) is 1.35. The Balaban J connectivity index is 0.00000324. The number of aliphatic carboxylic acids is 1. The molecule has 0 aliphatic carbocycles. The Morgan fingerprint density at radius 1 is 1.32 bits per heavy atom. The third kappa shape index (κ3) is 7.03. The minimum absolute atomic E-state index is 0. The van der Waals surface area contributed by atoms with Gasteiger partial charge < -0.3 is 15.6 Å². The van der Waals surface area contributed by atoms with Crippen LogP contribution in [-0.4, -0.2) is 23.7 Å². The number of carboxylic acids is 1. The second kappa shape index (κ2) is 8.77. The highest BCUT2D eigenvalue weighted by atomic mass is 35.5. The molecular weight excluding hydrogens is 266 g/mol. The van der Waals surface area contributed by atoms with E-state index >= 15 is 0 Å². The summed E-state index contributed by atoms with van der Waals surface area (Å²) >= 11 is 0. The maximum absolute atomic E-state index is 10.6. The first-order valence-electron chi connectivity index (χ1n) is 6.19. The average molecular weight is 288 g/mol. The summed E-state index contributed by atoms with van der Waals surface area (Å²) in [7, 11) is 0. The molecule has 108 valence electrons. The molecule has 0 aliphatic heterocycles. The van der Waals surface area contributed by atoms with E-state index in [9.17, 15) is 4.79 Å². The van der Waals surface area contributed by atoms with Crippen LogP contribution in [0.25, 0.3) is 0 Å². The Morgan fingerprint density at radius 3 is 2.37 bits per heavy atom. The molecular formula is C14H22ClNO3. The van der Waals surface area contributed by atoms with E-state index in [1.807, 2.05) is 24.3 Å². The first-order valence-corrected chi connectivity index (χ1v) is 6.19. The summed E-state index contributed by atoms with van der Waals surface area (Å²) in [6.45, 7) is 5.01. The van der Waals surface area contributed by atoms with E-state index in [0.29, 0.717) is 18.9 Å². The molecule has 1 aromatic carbocycles. The van der Waals surface area contributed by atoms with Crippen molar-refractivity contribution < 1.29 is 14.6 Å². The predicted molar refractivity (Wildman–Crippen MR) is 78.0 cm³/mol. The van der Waals surface area contributed by atoms with Gasteiger partial charge in [0.25, 0.3) is 0 Å². The van der Waals surface area contributed by atoms with Crippen LogP contribution in [0.5, 0.6) is 5.75 Å². The zero-order chi connectivity index (χ0) is 13.5. The fourth-order valence-electron chi connectivity index (χ4n) is 1.48. The Hall–Kier alpha value is -1.26. The first kappa shape index (κ1) is 17.7. The Bertz CT molecular complexity index is 379. The van der Waals surface area contributed by atoms with Crippen molar-refractivity contribution in [3.63, 3.8) is 0 Å². The van der Waals surface area contributed by atoms with Crippen LogP contribution in [-0.2, 0) is 11.2 Å². The maximum atomic E-state index is 10.6. The summed E-state index contributed by atoms with van der Waals surface area (Å²) in [6, 6.07) is 6.56. The van der Waals surface area contributed by atoms with Crippen LogP contribution in [0.3, 0.4) is 0 Å². The van der Waals surface area contributed by atoms with Crippen LogP contribution >= 0.6 is 12.4 Å². The van der Waals surface area contributed by atoms with Crippen LogP contribution in [0.4, 0.5) is 0 Å². The van der Waals surface area contributed by atoms with E-state index < -0.39 is 12.0 Å². The number of rotatable bonds is 7. The largest absolute Gasteiger partial charge is 0.494 e.